The summed E-state index contributed by atoms with van der Waals surface area (Å²) < 4.78 is 46.6. The molecule has 1 fully saturated rings. The quantitative estimate of drug-likeness (QED) is 0.352. The van der Waals surface area contributed by atoms with Gasteiger partial charge in [-0.25, -0.2) is 9.97 Å². The molecular formula is C25H24F3N5O3S. The number of Topliss-reactive ketones (excluding diaryl/α,β-unsaturated/α-hetero) is 1. The summed E-state index contributed by atoms with van der Waals surface area (Å²) in [5, 5.41) is 3.48. The van der Waals surface area contributed by atoms with Crippen LogP contribution in [0.25, 0.3) is 21.3 Å². The zero-order valence-corrected chi connectivity index (χ0v) is 20.9. The van der Waals surface area contributed by atoms with Crippen LogP contribution in [0.5, 0.6) is 0 Å². The van der Waals surface area contributed by atoms with E-state index in [1.807, 2.05) is 0 Å². The summed E-state index contributed by atoms with van der Waals surface area (Å²) in [6.07, 6.45) is -4.34. The minimum Gasteiger partial charge on any atom is -0.378 e. The number of nitrogens with one attached hydrogen (secondary N) is 1. The van der Waals surface area contributed by atoms with Crippen LogP contribution in [0.2, 0.25) is 0 Å². The van der Waals surface area contributed by atoms with Crippen LogP contribution in [0, 0.1) is 5.92 Å². The summed E-state index contributed by atoms with van der Waals surface area (Å²) in [6.45, 7) is 3.83. The highest BCUT2D eigenvalue weighted by Crippen LogP contribution is 2.35. The Morgan fingerprint density at radius 2 is 1.86 bits per heavy atom. The highest BCUT2D eigenvalue weighted by molar-refractivity contribution is 7.22. The number of ketones is 1. The average Bonchev–Trinajstić information content (AvgIpc) is 3.42. The van der Waals surface area contributed by atoms with Gasteiger partial charge in [-0.1, -0.05) is 18.3 Å². The molecule has 1 amide bonds. The maximum Gasteiger partial charge on any atom is 0.416 e. The molecule has 2 aromatic carbocycles. The van der Waals surface area contributed by atoms with E-state index in [-0.39, 0.29) is 18.1 Å². The molecule has 0 saturated carbocycles. The largest absolute Gasteiger partial charge is 0.416 e. The van der Waals surface area contributed by atoms with E-state index in [0.29, 0.717) is 58.7 Å². The number of carbonyl (C=O) groups is 2. The van der Waals surface area contributed by atoms with E-state index in [2.05, 4.69) is 15.3 Å². The molecule has 8 nitrogen and oxygen atoms in total. The maximum atomic E-state index is 13.0. The fourth-order valence-electron chi connectivity index (χ4n) is 4.31. The Balaban J connectivity index is 1.33. The lowest BCUT2D eigenvalue weighted by atomic mass is 9.98. The molecule has 194 valence electrons. The number of carbonyl (C=O) groups excluding carboxylic acids is 2. The van der Waals surface area contributed by atoms with Gasteiger partial charge < -0.3 is 19.5 Å². The molecular weight excluding hydrogens is 507 g/mol. The Kier molecular flexibility index (Phi) is 6.63. The lowest BCUT2D eigenvalue weighted by Crippen LogP contribution is -2.43. The average molecular weight is 532 g/mol. The Bertz CT molecular complexity index is 1490. The number of rotatable bonds is 6. The van der Waals surface area contributed by atoms with Crippen LogP contribution in [0.4, 0.5) is 24.3 Å². The molecule has 37 heavy (non-hydrogen) atoms. The molecule has 0 bridgehead atoms. The monoisotopic (exact) mass is 531 g/mol. The standard InChI is InChI=1S/C25H24F3N5O3S/c1-14(22(35)33-7-9-36-10-8-33)11-20(34)15-3-6-19-18(12-15)29-23(32(19)2)31-24-30-17-5-4-16(25(26,27)28)13-21(17)37-24/h3-6,12-14H,7-11H2,1-2H3,(H,29,30,31)/t14-/m1/s1. The van der Waals surface area contributed by atoms with E-state index >= 15 is 0 Å². The number of ether oxygens (including phenoxy) is 1. The number of imidazole rings is 1. The molecule has 1 N–H and O–H groups in total. The second kappa shape index (κ2) is 9.75. The molecule has 1 aliphatic rings. The second-order valence-electron chi connectivity index (χ2n) is 8.99. The molecule has 1 atom stereocenters. The number of aryl methyl sites for hydroxylation is 1. The number of amides is 1. The molecule has 1 aliphatic heterocycles. The number of hydrogen-bond acceptors (Lipinski definition) is 7. The van der Waals surface area contributed by atoms with Crippen molar-refractivity contribution in [2.75, 3.05) is 31.6 Å². The van der Waals surface area contributed by atoms with Crippen molar-refractivity contribution >= 4 is 55.4 Å². The summed E-state index contributed by atoms with van der Waals surface area (Å²) in [4.78, 5) is 36.3. The van der Waals surface area contributed by atoms with E-state index in [4.69, 9.17) is 4.74 Å². The summed E-state index contributed by atoms with van der Waals surface area (Å²) in [5.74, 6) is -0.215. The molecule has 2 aromatic heterocycles. The zero-order valence-electron chi connectivity index (χ0n) is 20.1. The lowest BCUT2D eigenvalue weighted by Gasteiger charge is -2.29. The van der Waals surface area contributed by atoms with E-state index < -0.39 is 17.7 Å². The predicted octanol–water partition coefficient (Wildman–Crippen LogP) is 5.01. The topological polar surface area (TPSA) is 89.3 Å². The van der Waals surface area contributed by atoms with Crippen molar-refractivity contribution in [1.29, 1.82) is 0 Å². The van der Waals surface area contributed by atoms with Crippen LogP contribution in [-0.2, 0) is 22.8 Å². The highest BCUT2D eigenvalue weighted by atomic mass is 32.1. The number of fused-ring (bicyclic) bond motifs is 2. The number of benzene rings is 2. The van der Waals surface area contributed by atoms with E-state index in [9.17, 15) is 22.8 Å². The zero-order chi connectivity index (χ0) is 26.3. The molecule has 0 radical (unpaired) electrons. The third-order valence-electron chi connectivity index (χ3n) is 6.37. The summed E-state index contributed by atoms with van der Waals surface area (Å²) in [5.41, 5.74) is 1.52. The van der Waals surface area contributed by atoms with Crippen molar-refractivity contribution in [3.05, 3.63) is 47.5 Å². The number of halogens is 3. The Labute approximate surface area is 214 Å². The van der Waals surface area contributed by atoms with Crippen LogP contribution >= 0.6 is 11.3 Å². The molecule has 12 heteroatoms. The maximum absolute atomic E-state index is 13.0. The Morgan fingerprint density at radius 1 is 1.11 bits per heavy atom. The van der Waals surface area contributed by atoms with Crippen molar-refractivity contribution in [2.24, 2.45) is 13.0 Å². The number of hydrogen-bond donors (Lipinski definition) is 1. The lowest BCUT2D eigenvalue weighted by molar-refractivity contribution is -0.139. The van der Waals surface area contributed by atoms with Gasteiger partial charge in [0.1, 0.15) is 0 Å². The number of morpholine rings is 1. The first-order valence-corrected chi connectivity index (χ1v) is 12.5. The molecule has 0 aliphatic carbocycles. The fourth-order valence-corrected chi connectivity index (χ4v) is 5.21. The van der Waals surface area contributed by atoms with E-state index in [1.54, 1.807) is 41.6 Å². The van der Waals surface area contributed by atoms with Crippen LogP contribution in [-0.4, -0.2) is 57.4 Å². The molecule has 5 rings (SSSR count). The van der Waals surface area contributed by atoms with Gasteiger partial charge in [0.2, 0.25) is 11.9 Å². The van der Waals surface area contributed by atoms with Crippen molar-refractivity contribution in [1.82, 2.24) is 19.4 Å². The van der Waals surface area contributed by atoms with Gasteiger partial charge >= 0.3 is 6.18 Å². The van der Waals surface area contributed by atoms with Gasteiger partial charge in [0, 0.05) is 38.0 Å². The van der Waals surface area contributed by atoms with Gasteiger partial charge in [0.25, 0.3) is 0 Å². The first kappa shape index (κ1) is 25.2. The summed E-state index contributed by atoms with van der Waals surface area (Å²) >= 11 is 1.10. The van der Waals surface area contributed by atoms with Gasteiger partial charge in [-0.2, -0.15) is 13.2 Å². The van der Waals surface area contributed by atoms with Crippen molar-refractivity contribution in [2.45, 2.75) is 19.5 Å². The van der Waals surface area contributed by atoms with E-state index in [0.717, 1.165) is 29.0 Å². The Morgan fingerprint density at radius 3 is 2.59 bits per heavy atom. The first-order chi connectivity index (χ1) is 17.6. The number of alkyl halides is 3. The highest BCUT2D eigenvalue weighted by Gasteiger charge is 2.31. The van der Waals surface area contributed by atoms with Gasteiger partial charge in [0.05, 0.1) is 40.0 Å². The third kappa shape index (κ3) is 5.16. The minimum atomic E-state index is -4.42. The number of aromatic nitrogens is 3. The first-order valence-electron chi connectivity index (χ1n) is 11.7. The van der Waals surface area contributed by atoms with Gasteiger partial charge in [-0.3, -0.25) is 9.59 Å². The van der Waals surface area contributed by atoms with Crippen molar-refractivity contribution in [3.63, 3.8) is 0 Å². The van der Waals surface area contributed by atoms with Crippen LogP contribution in [0.15, 0.2) is 36.4 Å². The van der Waals surface area contributed by atoms with Gasteiger partial charge in [-0.15, -0.1) is 0 Å². The van der Waals surface area contributed by atoms with Gasteiger partial charge in [0.15, 0.2) is 10.9 Å². The number of nitrogens with zero attached hydrogens (tertiary/aromatic N) is 4. The SMILES string of the molecule is C[C@H](CC(=O)c1ccc2c(c1)nc(Nc1nc3ccc(C(F)(F)F)cc3s1)n2C)C(=O)N1CCOCC1. The van der Waals surface area contributed by atoms with Crippen LogP contribution in [0.1, 0.15) is 29.3 Å². The van der Waals surface area contributed by atoms with Gasteiger partial charge in [-0.05, 0) is 36.4 Å². The Hall–Kier alpha value is -3.51. The molecule has 3 heterocycles. The number of thiazole rings is 1. The number of anilines is 2. The van der Waals surface area contributed by atoms with Crippen molar-refractivity contribution < 1.29 is 27.5 Å². The second-order valence-corrected chi connectivity index (χ2v) is 10.0. The van der Waals surface area contributed by atoms with Crippen LogP contribution in [0.3, 0.4) is 0 Å². The summed E-state index contributed by atoms with van der Waals surface area (Å²) in [6, 6.07) is 8.60. The third-order valence-corrected chi connectivity index (χ3v) is 7.31. The molecule has 0 spiro atoms. The molecule has 0 unspecified atom stereocenters. The van der Waals surface area contributed by atoms with Crippen LogP contribution < -0.4 is 5.32 Å². The van der Waals surface area contributed by atoms with E-state index in [1.165, 1.54) is 6.07 Å². The smallest absolute Gasteiger partial charge is 0.378 e. The predicted molar refractivity (Wildman–Crippen MR) is 134 cm³/mol. The van der Waals surface area contributed by atoms with Crippen molar-refractivity contribution in [3.8, 4) is 0 Å². The molecule has 4 aromatic rings. The molecule has 1 saturated heterocycles. The fraction of sp³-hybridized carbons (Fsp3) is 0.360. The normalized spacial score (nSPS) is 15.3. The summed E-state index contributed by atoms with van der Waals surface area (Å²) in [7, 11) is 1.79. The minimum absolute atomic E-state index is 0.0553.